The second-order valence-corrected chi connectivity index (χ2v) is 15.5. The highest BCUT2D eigenvalue weighted by Gasteiger charge is 2.39. The summed E-state index contributed by atoms with van der Waals surface area (Å²) in [6.45, 7) is 3.69. The molecule has 39 heavy (non-hydrogen) atoms. The van der Waals surface area contributed by atoms with Gasteiger partial charge in [0.15, 0.2) is 5.75 Å². The first-order valence-electron chi connectivity index (χ1n) is 12.5. The first-order chi connectivity index (χ1) is 18.0. The first-order valence-corrected chi connectivity index (χ1v) is 16.6. The van der Waals surface area contributed by atoms with E-state index in [0.717, 1.165) is 25.7 Å². The number of fused-ring (bicyclic) bond motifs is 1. The van der Waals surface area contributed by atoms with Gasteiger partial charge < -0.3 is 9.84 Å². The molecule has 0 spiro atoms. The second kappa shape index (κ2) is 11.2. The summed E-state index contributed by atoms with van der Waals surface area (Å²) in [5.74, 6) is -1.98. The summed E-state index contributed by atoms with van der Waals surface area (Å²) in [4.78, 5) is 4.48. The lowest BCUT2D eigenvalue weighted by Crippen LogP contribution is -2.44. The quantitative estimate of drug-likeness (QED) is 0.461. The Morgan fingerprint density at radius 1 is 1.08 bits per heavy atom. The molecule has 3 heterocycles. The fraction of sp³-hybridized carbons (Fsp3) is 0.625. The number of rotatable bonds is 9. The van der Waals surface area contributed by atoms with Crippen LogP contribution < -0.4 is 4.74 Å². The minimum atomic E-state index is -4.78. The molecule has 1 N–H and O–H groups in total. The van der Waals surface area contributed by atoms with Crippen LogP contribution in [0.4, 0.5) is 13.2 Å². The molecule has 0 unspecified atom stereocenters. The van der Waals surface area contributed by atoms with Crippen LogP contribution in [0.5, 0.6) is 5.19 Å². The number of hydrogen-bond donors (Lipinski definition) is 1. The molecule has 1 saturated heterocycles. The van der Waals surface area contributed by atoms with E-state index in [4.69, 9.17) is 4.74 Å². The number of benzene rings is 1. The zero-order valence-corrected chi connectivity index (χ0v) is 24.1. The van der Waals surface area contributed by atoms with E-state index in [1.165, 1.54) is 15.6 Å². The van der Waals surface area contributed by atoms with Gasteiger partial charge in [-0.2, -0.15) is 17.5 Å². The van der Waals surface area contributed by atoms with Crippen molar-refractivity contribution >= 4 is 47.2 Å². The Hall–Kier alpha value is -1.78. The number of hydrogen-bond acceptors (Lipinski definition) is 8. The number of aromatic nitrogens is 1. The van der Waals surface area contributed by atoms with Crippen LogP contribution in [0, 0.1) is 0 Å². The Morgan fingerprint density at radius 2 is 1.77 bits per heavy atom. The maximum atomic E-state index is 12.6. The lowest BCUT2D eigenvalue weighted by molar-refractivity contribution is -0.107. The summed E-state index contributed by atoms with van der Waals surface area (Å²) < 4.78 is 96.1. The van der Waals surface area contributed by atoms with Crippen molar-refractivity contribution in [2.75, 3.05) is 37.7 Å². The second-order valence-electron chi connectivity index (χ2n) is 10.5. The maximum absolute atomic E-state index is 12.6. The predicted molar refractivity (Wildman–Crippen MR) is 144 cm³/mol. The smallest absolute Gasteiger partial charge is 0.404 e. The number of thiazole rings is 1. The molecule has 2 aromatic rings. The summed E-state index contributed by atoms with van der Waals surface area (Å²) in [6.07, 6.45) is -2.01. The van der Waals surface area contributed by atoms with Gasteiger partial charge in [-0.1, -0.05) is 23.5 Å². The monoisotopic (exact) mass is 611 g/mol. The van der Waals surface area contributed by atoms with Gasteiger partial charge in [-0.15, -0.1) is 0 Å². The third-order valence-electron chi connectivity index (χ3n) is 6.68. The molecule has 4 rings (SSSR count). The topological polar surface area (TPSA) is 117 Å². The Kier molecular flexibility index (Phi) is 8.70. The number of piperidine rings is 1. The largest absolute Gasteiger partial charge is 0.467 e. The molecule has 0 aliphatic carbocycles. The van der Waals surface area contributed by atoms with E-state index >= 15 is 0 Å². The van der Waals surface area contributed by atoms with Gasteiger partial charge in [-0.05, 0) is 62.8 Å². The zero-order valence-electron chi connectivity index (χ0n) is 21.6. The summed E-state index contributed by atoms with van der Waals surface area (Å²) in [5.41, 5.74) is 1.64. The number of aliphatic hydroxyl groups is 1. The third-order valence-corrected chi connectivity index (χ3v) is 11.3. The van der Waals surface area contributed by atoms with Crippen LogP contribution in [0.3, 0.4) is 0 Å². The first kappa shape index (κ1) is 30.2. The van der Waals surface area contributed by atoms with Crippen molar-refractivity contribution in [2.24, 2.45) is 0 Å². The highest BCUT2D eigenvalue weighted by Crippen LogP contribution is 2.34. The molecule has 2 aliphatic rings. The minimum absolute atomic E-state index is 0.0449. The Bertz CT molecular complexity index is 1420. The molecule has 218 valence electrons. The fourth-order valence-electron chi connectivity index (χ4n) is 4.50. The van der Waals surface area contributed by atoms with E-state index in [-0.39, 0.29) is 50.8 Å². The average molecular weight is 612 g/mol. The molecular formula is C24H32F3N3O6S3. The van der Waals surface area contributed by atoms with Gasteiger partial charge in [-0.25, -0.2) is 26.1 Å². The molecule has 1 aromatic heterocycles. The molecule has 1 fully saturated rings. The minimum Gasteiger partial charge on any atom is -0.467 e. The van der Waals surface area contributed by atoms with Crippen molar-refractivity contribution in [1.82, 2.24) is 13.6 Å². The highest BCUT2D eigenvalue weighted by atomic mass is 32.2. The van der Waals surface area contributed by atoms with Crippen LogP contribution in [0.1, 0.15) is 45.1 Å². The van der Waals surface area contributed by atoms with Gasteiger partial charge in [0.25, 0.3) is 5.19 Å². The number of ether oxygens (including phenoxy) is 1. The van der Waals surface area contributed by atoms with E-state index in [9.17, 15) is 35.1 Å². The van der Waals surface area contributed by atoms with Crippen molar-refractivity contribution in [2.45, 2.75) is 57.4 Å². The molecular weight excluding hydrogens is 579 g/mol. The molecule has 2 aliphatic heterocycles. The Labute approximate surface area is 230 Å². The molecule has 0 atom stereocenters. The van der Waals surface area contributed by atoms with Gasteiger partial charge in [-0.3, -0.25) is 0 Å². The van der Waals surface area contributed by atoms with Crippen molar-refractivity contribution < 1.29 is 39.9 Å². The molecule has 0 radical (unpaired) electrons. The van der Waals surface area contributed by atoms with Crippen LogP contribution in [0.25, 0.3) is 15.8 Å². The van der Waals surface area contributed by atoms with E-state index in [1.54, 1.807) is 13.8 Å². The van der Waals surface area contributed by atoms with Crippen LogP contribution >= 0.6 is 11.3 Å². The number of halogens is 3. The Balaban J connectivity index is 1.36. The van der Waals surface area contributed by atoms with Gasteiger partial charge in [0.05, 0.1) is 21.6 Å². The van der Waals surface area contributed by atoms with Gasteiger partial charge in [0, 0.05) is 26.2 Å². The summed E-state index contributed by atoms with van der Waals surface area (Å²) >= 11 is 1.33. The van der Waals surface area contributed by atoms with Gasteiger partial charge in [0.2, 0.25) is 20.0 Å². The lowest BCUT2D eigenvalue weighted by atomic mass is 10.0. The van der Waals surface area contributed by atoms with Crippen molar-refractivity contribution in [3.63, 3.8) is 0 Å². The van der Waals surface area contributed by atoms with Gasteiger partial charge >= 0.3 is 6.18 Å². The van der Waals surface area contributed by atoms with E-state index in [2.05, 4.69) is 4.98 Å². The molecule has 0 amide bonds. The number of sulfonamides is 2. The van der Waals surface area contributed by atoms with Crippen molar-refractivity contribution in [3.05, 3.63) is 29.8 Å². The lowest BCUT2D eigenvalue weighted by Gasteiger charge is -2.30. The van der Waals surface area contributed by atoms with E-state index in [1.807, 2.05) is 24.3 Å². The molecule has 15 heteroatoms. The summed E-state index contributed by atoms with van der Waals surface area (Å²) in [6, 6.07) is 5.74. The normalized spacial score (nSPS) is 19.4. The van der Waals surface area contributed by atoms with Crippen LogP contribution in [0.15, 0.2) is 24.3 Å². The summed E-state index contributed by atoms with van der Waals surface area (Å²) in [5, 5.41) is 10.3. The van der Waals surface area contributed by atoms with Crippen molar-refractivity contribution in [1.29, 1.82) is 0 Å². The zero-order chi connectivity index (χ0) is 28.6. The summed E-state index contributed by atoms with van der Waals surface area (Å²) in [7, 11) is -7.88. The highest BCUT2D eigenvalue weighted by molar-refractivity contribution is 7.89. The standard InChI is InChI=1S/C24H32F3N3O6S3/c1-23(2,31)9-14-38(32,33)29-10-5-17(6-11-29)18-3-4-20-21(15-18)37-22(28-20)36-19-7-12-30(13-8-19)39(34,35)16-24(25,26)27/h3-5,15,19,31H,6-14,16H2,1-2H3. The SMILES string of the molecule is CC(C)(O)CCS(=O)(=O)N1CC=C(c2ccc3nc(OC4CCN(S(=O)(=O)CC(F)(F)F)CC4)sc3c2)CC1. The molecule has 0 bridgehead atoms. The molecule has 0 saturated carbocycles. The fourth-order valence-corrected chi connectivity index (χ4v) is 8.47. The van der Waals surface area contributed by atoms with Gasteiger partial charge in [0.1, 0.15) is 6.10 Å². The molecule has 1 aromatic carbocycles. The Morgan fingerprint density at radius 3 is 2.36 bits per heavy atom. The van der Waals surface area contributed by atoms with Crippen molar-refractivity contribution in [3.8, 4) is 5.19 Å². The number of alkyl halides is 3. The van der Waals surface area contributed by atoms with E-state index < -0.39 is 37.6 Å². The maximum Gasteiger partial charge on any atom is 0.404 e. The number of nitrogens with zero attached hydrogens (tertiary/aromatic N) is 3. The van der Waals surface area contributed by atoms with Crippen LogP contribution in [0.2, 0.25) is 0 Å². The average Bonchev–Trinajstić information content (AvgIpc) is 3.23. The van der Waals surface area contributed by atoms with E-state index in [0.29, 0.717) is 18.2 Å². The predicted octanol–water partition coefficient (Wildman–Crippen LogP) is 3.61. The molecule has 9 nitrogen and oxygen atoms in total. The van der Waals surface area contributed by atoms with Crippen LogP contribution in [-0.4, -0.2) is 91.1 Å². The third kappa shape index (κ3) is 8.13. The van der Waals surface area contributed by atoms with Crippen LogP contribution in [-0.2, 0) is 20.0 Å².